The van der Waals surface area contributed by atoms with Crippen molar-refractivity contribution in [3.8, 4) is 0 Å². The molecule has 21 heavy (non-hydrogen) atoms. The second kappa shape index (κ2) is 6.76. The first-order valence-corrected chi connectivity index (χ1v) is 8.60. The fourth-order valence-electron chi connectivity index (χ4n) is 3.25. The van der Waals surface area contributed by atoms with Gasteiger partial charge in [-0.05, 0) is 60.9 Å². The Morgan fingerprint density at radius 3 is 2.71 bits per heavy atom. The predicted octanol–water partition coefficient (Wildman–Crippen LogP) is 5.22. The third-order valence-electron chi connectivity index (χ3n) is 4.53. The van der Waals surface area contributed by atoms with Crippen LogP contribution in [0.1, 0.15) is 48.4 Å². The molecule has 2 aromatic rings. The van der Waals surface area contributed by atoms with Crippen LogP contribution in [0.4, 0.5) is 0 Å². The Bertz CT molecular complexity index is 591. The van der Waals surface area contributed by atoms with Gasteiger partial charge in [-0.3, -0.25) is 0 Å². The number of hydrogen-bond acceptors (Lipinski definition) is 1. The van der Waals surface area contributed by atoms with Crippen LogP contribution in [-0.4, -0.2) is 6.54 Å². The molecule has 0 saturated heterocycles. The smallest absolute Gasteiger partial charge is 0.0292 e. The Balaban J connectivity index is 1.64. The van der Waals surface area contributed by atoms with Crippen LogP contribution in [-0.2, 0) is 6.42 Å². The number of fused-ring (bicyclic) bond motifs is 1. The molecule has 1 aliphatic carbocycles. The fraction of sp³-hybridized carbons (Fsp3) is 0.368. The summed E-state index contributed by atoms with van der Waals surface area (Å²) in [4.78, 5) is 0. The first-order chi connectivity index (χ1) is 10.2. The number of nitrogens with one attached hydrogen (secondary N) is 1. The van der Waals surface area contributed by atoms with Gasteiger partial charge in [0.15, 0.2) is 0 Å². The van der Waals surface area contributed by atoms with Crippen molar-refractivity contribution >= 4 is 15.9 Å². The summed E-state index contributed by atoms with van der Waals surface area (Å²) in [6.45, 7) is 3.31. The molecule has 2 aromatic carbocycles. The first kappa shape index (κ1) is 14.8. The highest BCUT2D eigenvalue weighted by Gasteiger charge is 2.20. The molecule has 0 radical (unpaired) electrons. The number of benzene rings is 2. The SMILES string of the molecule is CC(NCC1CCCc2ccccc21)c1ccc(Br)cc1. The Morgan fingerprint density at radius 2 is 1.90 bits per heavy atom. The summed E-state index contributed by atoms with van der Waals surface area (Å²) in [5.74, 6) is 0.660. The molecule has 110 valence electrons. The van der Waals surface area contributed by atoms with Gasteiger partial charge in [-0.2, -0.15) is 0 Å². The lowest BCUT2D eigenvalue weighted by molar-refractivity contribution is 0.473. The third-order valence-corrected chi connectivity index (χ3v) is 5.06. The Hall–Kier alpha value is -1.12. The molecule has 1 nitrogen and oxygen atoms in total. The lowest BCUT2D eigenvalue weighted by atomic mass is 9.82. The minimum atomic E-state index is 0.396. The molecule has 0 spiro atoms. The van der Waals surface area contributed by atoms with Gasteiger partial charge in [-0.1, -0.05) is 52.3 Å². The van der Waals surface area contributed by atoms with Gasteiger partial charge in [0.05, 0.1) is 0 Å². The molecule has 1 aliphatic rings. The lowest BCUT2D eigenvalue weighted by Gasteiger charge is -2.27. The third kappa shape index (κ3) is 3.56. The van der Waals surface area contributed by atoms with Gasteiger partial charge in [0.1, 0.15) is 0 Å². The molecule has 0 amide bonds. The van der Waals surface area contributed by atoms with E-state index >= 15 is 0 Å². The van der Waals surface area contributed by atoms with Gasteiger partial charge in [0, 0.05) is 17.1 Å². The maximum atomic E-state index is 3.71. The molecule has 1 N–H and O–H groups in total. The van der Waals surface area contributed by atoms with Gasteiger partial charge in [-0.25, -0.2) is 0 Å². The van der Waals surface area contributed by atoms with Crippen molar-refractivity contribution in [3.05, 3.63) is 69.7 Å². The second-order valence-electron chi connectivity index (χ2n) is 5.97. The van der Waals surface area contributed by atoms with Crippen LogP contribution >= 0.6 is 15.9 Å². The maximum absolute atomic E-state index is 3.71. The van der Waals surface area contributed by atoms with Gasteiger partial charge in [-0.15, -0.1) is 0 Å². The Kier molecular flexibility index (Phi) is 4.77. The van der Waals surface area contributed by atoms with Crippen molar-refractivity contribution in [3.63, 3.8) is 0 Å². The monoisotopic (exact) mass is 343 g/mol. The number of hydrogen-bond donors (Lipinski definition) is 1. The summed E-state index contributed by atoms with van der Waals surface area (Å²) < 4.78 is 1.14. The first-order valence-electron chi connectivity index (χ1n) is 7.80. The highest BCUT2D eigenvalue weighted by Crippen LogP contribution is 2.31. The normalized spacial score (nSPS) is 19.0. The summed E-state index contributed by atoms with van der Waals surface area (Å²) >= 11 is 3.49. The van der Waals surface area contributed by atoms with E-state index in [4.69, 9.17) is 0 Å². The molecule has 0 fully saturated rings. The minimum absolute atomic E-state index is 0.396. The second-order valence-corrected chi connectivity index (χ2v) is 6.89. The zero-order valence-electron chi connectivity index (χ0n) is 12.5. The van der Waals surface area contributed by atoms with E-state index in [1.807, 2.05) is 0 Å². The van der Waals surface area contributed by atoms with Crippen LogP contribution in [0.3, 0.4) is 0 Å². The average Bonchev–Trinajstić information content (AvgIpc) is 2.53. The van der Waals surface area contributed by atoms with Gasteiger partial charge >= 0.3 is 0 Å². The van der Waals surface area contributed by atoms with E-state index in [2.05, 4.69) is 76.7 Å². The molecule has 3 rings (SSSR count). The lowest BCUT2D eigenvalue weighted by Crippen LogP contribution is -2.26. The maximum Gasteiger partial charge on any atom is 0.0292 e. The highest BCUT2D eigenvalue weighted by atomic mass is 79.9. The van der Waals surface area contributed by atoms with Crippen LogP contribution < -0.4 is 5.32 Å². The topological polar surface area (TPSA) is 12.0 Å². The molecule has 2 heteroatoms. The van der Waals surface area contributed by atoms with Crippen molar-refractivity contribution in [2.75, 3.05) is 6.54 Å². The molecule has 2 atom stereocenters. The Labute approximate surface area is 135 Å². The number of aryl methyl sites for hydroxylation is 1. The van der Waals surface area contributed by atoms with Crippen molar-refractivity contribution in [2.24, 2.45) is 0 Å². The van der Waals surface area contributed by atoms with Crippen LogP contribution in [0.5, 0.6) is 0 Å². The fourth-order valence-corrected chi connectivity index (χ4v) is 3.52. The van der Waals surface area contributed by atoms with E-state index in [9.17, 15) is 0 Å². The van der Waals surface area contributed by atoms with E-state index < -0.39 is 0 Å². The molecular weight excluding hydrogens is 322 g/mol. The minimum Gasteiger partial charge on any atom is -0.310 e. The van der Waals surface area contributed by atoms with E-state index in [1.54, 1.807) is 11.1 Å². The van der Waals surface area contributed by atoms with Gasteiger partial charge in [0.2, 0.25) is 0 Å². The van der Waals surface area contributed by atoms with Crippen molar-refractivity contribution < 1.29 is 0 Å². The number of rotatable bonds is 4. The highest BCUT2D eigenvalue weighted by molar-refractivity contribution is 9.10. The number of halogens is 1. The van der Waals surface area contributed by atoms with Crippen LogP contribution in [0.25, 0.3) is 0 Å². The Morgan fingerprint density at radius 1 is 1.14 bits per heavy atom. The molecular formula is C19H22BrN. The zero-order chi connectivity index (χ0) is 14.7. The van der Waals surface area contributed by atoms with Crippen LogP contribution in [0, 0.1) is 0 Å². The standard InChI is InChI=1S/C19H22BrN/c1-14(15-9-11-18(20)12-10-15)21-13-17-7-4-6-16-5-2-3-8-19(16)17/h2-3,5,8-12,14,17,21H,4,6-7,13H2,1H3. The zero-order valence-corrected chi connectivity index (χ0v) is 14.1. The molecule has 2 unspecified atom stereocenters. The summed E-state index contributed by atoms with van der Waals surface area (Å²) in [6, 6.07) is 18.0. The van der Waals surface area contributed by atoms with Crippen LogP contribution in [0.2, 0.25) is 0 Å². The van der Waals surface area contributed by atoms with Crippen molar-refractivity contribution in [1.82, 2.24) is 5.32 Å². The summed E-state index contributed by atoms with van der Waals surface area (Å²) in [6.07, 6.45) is 3.86. The summed E-state index contributed by atoms with van der Waals surface area (Å²) in [5, 5.41) is 3.71. The van der Waals surface area contributed by atoms with E-state index in [-0.39, 0.29) is 0 Å². The van der Waals surface area contributed by atoms with Gasteiger partial charge < -0.3 is 5.32 Å². The van der Waals surface area contributed by atoms with Gasteiger partial charge in [0.25, 0.3) is 0 Å². The van der Waals surface area contributed by atoms with Crippen molar-refractivity contribution in [2.45, 2.75) is 38.1 Å². The predicted molar refractivity (Wildman–Crippen MR) is 92.7 cm³/mol. The molecule has 0 aliphatic heterocycles. The molecule has 0 saturated carbocycles. The average molecular weight is 344 g/mol. The quantitative estimate of drug-likeness (QED) is 0.802. The van der Waals surface area contributed by atoms with E-state index in [0.29, 0.717) is 12.0 Å². The summed E-state index contributed by atoms with van der Waals surface area (Å²) in [5.41, 5.74) is 4.45. The van der Waals surface area contributed by atoms with Crippen LogP contribution in [0.15, 0.2) is 53.0 Å². The van der Waals surface area contributed by atoms with Crippen molar-refractivity contribution in [1.29, 1.82) is 0 Å². The summed E-state index contributed by atoms with van der Waals surface area (Å²) in [7, 11) is 0. The van der Waals surface area contributed by atoms with E-state index in [1.165, 1.54) is 24.8 Å². The van der Waals surface area contributed by atoms with E-state index in [0.717, 1.165) is 11.0 Å². The molecule has 0 aromatic heterocycles. The largest absolute Gasteiger partial charge is 0.310 e. The molecule has 0 heterocycles. The molecule has 0 bridgehead atoms.